The van der Waals surface area contributed by atoms with Gasteiger partial charge in [0.05, 0.1) is 5.56 Å². The molecular formula is C17H15N3O4. The Bertz CT molecular complexity index is 933. The number of fused-ring (bicyclic) bond motifs is 2. The van der Waals surface area contributed by atoms with Gasteiger partial charge in [-0.2, -0.15) is 4.98 Å². The first-order valence-corrected chi connectivity index (χ1v) is 7.40. The number of benzene rings is 2. The van der Waals surface area contributed by atoms with Crippen LogP contribution in [0.2, 0.25) is 0 Å². The van der Waals surface area contributed by atoms with Crippen molar-refractivity contribution >= 4 is 28.7 Å². The number of nitrogens with one attached hydrogen (secondary N) is 1. The molecule has 0 fully saturated rings. The molecule has 1 aromatic heterocycles. The molecule has 0 atom stereocenters. The summed E-state index contributed by atoms with van der Waals surface area (Å²) in [6, 6.07) is 11.0. The van der Waals surface area contributed by atoms with Crippen molar-refractivity contribution in [1.82, 2.24) is 4.98 Å². The summed E-state index contributed by atoms with van der Waals surface area (Å²) in [5.41, 5.74) is 2.39. The second-order valence-electron chi connectivity index (χ2n) is 5.57. The topological polar surface area (TPSA) is 76.8 Å². The molecule has 3 aromatic rings. The van der Waals surface area contributed by atoms with E-state index in [0.717, 1.165) is 0 Å². The molecule has 24 heavy (non-hydrogen) atoms. The molecule has 2 heterocycles. The molecule has 1 amide bonds. The summed E-state index contributed by atoms with van der Waals surface area (Å²) < 4.78 is 16.3. The summed E-state index contributed by atoms with van der Waals surface area (Å²) in [5, 5.41) is 2.85. The summed E-state index contributed by atoms with van der Waals surface area (Å²) in [5.74, 6) is 0.769. The minimum atomic E-state index is -0.270. The molecule has 0 bridgehead atoms. The molecule has 1 aliphatic rings. The van der Waals surface area contributed by atoms with Crippen molar-refractivity contribution in [2.24, 2.45) is 0 Å². The molecule has 1 aliphatic heterocycles. The minimum absolute atomic E-state index is 0.123. The fraction of sp³-hybridized carbons (Fsp3) is 0.176. The first-order chi connectivity index (χ1) is 11.6. The van der Waals surface area contributed by atoms with Gasteiger partial charge in [-0.15, -0.1) is 0 Å². The van der Waals surface area contributed by atoms with Crippen LogP contribution in [0.15, 0.2) is 40.8 Å². The van der Waals surface area contributed by atoms with Gasteiger partial charge in [-0.05, 0) is 30.3 Å². The molecule has 0 saturated carbocycles. The maximum atomic E-state index is 12.5. The number of amides is 1. The highest BCUT2D eigenvalue weighted by Gasteiger charge is 2.22. The van der Waals surface area contributed by atoms with Crippen LogP contribution in [0.4, 0.5) is 11.7 Å². The van der Waals surface area contributed by atoms with Crippen molar-refractivity contribution in [3.05, 3.63) is 42.0 Å². The van der Waals surface area contributed by atoms with Crippen LogP contribution in [0, 0.1) is 0 Å². The van der Waals surface area contributed by atoms with Gasteiger partial charge in [0.2, 0.25) is 6.79 Å². The van der Waals surface area contributed by atoms with Crippen LogP contribution >= 0.6 is 0 Å². The van der Waals surface area contributed by atoms with Gasteiger partial charge < -0.3 is 24.1 Å². The lowest BCUT2D eigenvalue weighted by atomic mass is 10.1. The molecule has 122 valence electrons. The van der Waals surface area contributed by atoms with E-state index in [0.29, 0.717) is 39.9 Å². The highest BCUT2D eigenvalue weighted by molar-refractivity contribution is 6.07. The molecule has 0 saturated heterocycles. The van der Waals surface area contributed by atoms with Gasteiger partial charge in [-0.25, -0.2) is 0 Å². The van der Waals surface area contributed by atoms with Crippen molar-refractivity contribution in [3.63, 3.8) is 0 Å². The zero-order valence-corrected chi connectivity index (χ0v) is 13.2. The zero-order valence-electron chi connectivity index (χ0n) is 13.2. The van der Waals surface area contributed by atoms with Gasteiger partial charge in [0.25, 0.3) is 11.9 Å². The molecule has 0 radical (unpaired) electrons. The summed E-state index contributed by atoms with van der Waals surface area (Å²) in [6.07, 6.45) is 0. The van der Waals surface area contributed by atoms with Gasteiger partial charge in [0.15, 0.2) is 17.1 Å². The Morgan fingerprint density at radius 2 is 2.08 bits per heavy atom. The Morgan fingerprint density at radius 1 is 1.21 bits per heavy atom. The zero-order chi connectivity index (χ0) is 16.7. The van der Waals surface area contributed by atoms with Crippen LogP contribution in [-0.4, -0.2) is 31.8 Å². The largest absolute Gasteiger partial charge is 0.454 e. The monoisotopic (exact) mass is 325 g/mol. The van der Waals surface area contributed by atoms with E-state index in [1.54, 1.807) is 41.3 Å². The summed E-state index contributed by atoms with van der Waals surface area (Å²) >= 11 is 0. The Kier molecular flexibility index (Phi) is 3.26. The number of para-hydroxylation sites is 1. The molecule has 2 aromatic carbocycles. The standard InChI is InChI=1S/C17H15N3O4/c1-20(2)17-19-12-8-10(6-7-13(12)24-17)18-16(21)11-4-3-5-14-15(11)23-9-22-14/h3-8H,9H2,1-2H3,(H,18,21). The fourth-order valence-electron chi connectivity index (χ4n) is 2.49. The van der Waals surface area contributed by atoms with Gasteiger partial charge in [-0.1, -0.05) is 6.07 Å². The van der Waals surface area contributed by atoms with Crippen molar-refractivity contribution in [2.75, 3.05) is 31.1 Å². The van der Waals surface area contributed by atoms with E-state index in [-0.39, 0.29) is 12.7 Å². The third-order valence-corrected chi connectivity index (χ3v) is 3.66. The Hall–Kier alpha value is -3.22. The predicted molar refractivity (Wildman–Crippen MR) is 88.9 cm³/mol. The molecule has 7 heteroatoms. The second kappa shape index (κ2) is 5.45. The first-order valence-electron chi connectivity index (χ1n) is 7.40. The van der Waals surface area contributed by atoms with E-state index in [4.69, 9.17) is 13.9 Å². The smallest absolute Gasteiger partial charge is 0.297 e. The van der Waals surface area contributed by atoms with Crippen LogP contribution in [0.3, 0.4) is 0 Å². The minimum Gasteiger partial charge on any atom is -0.454 e. The van der Waals surface area contributed by atoms with E-state index in [9.17, 15) is 4.79 Å². The number of nitrogens with zero attached hydrogens (tertiary/aromatic N) is 2. The van der Waals surface area contributed by atoms with Crippen molar-refractivity contribution in [2.45, 2.75) is 0 Å². The molecule has 7 nitrogen and oxygen atoms in total. The summed E-state index contributed by atoms with van der Waals surface area (Å²) in [4.78, 5) is 18.7. The van der Waals surface area contributed by atoms with E-state index in [1.165, 1.54) is 0 Å². The van der Waals surface area contributed by atoms with Crippen LogP contribution < -0.4 is 19.7 Å². The van der Waals surface area contributed by atoms with Crippen molar-refractivity contribution in [1.29, 1.82) is 0 Å². The number of rotatable bonds is 3. The van der Waals surface area contributed by atoms with E-state index in [2.05, 4.69) is 10.3 Å². The van der Waals surface area contributed by atoms with Crippen LogP contribution in [0.5, 0.6) is 11.5 Å². The van der Waals surface area contributed by atoms with Crippen molar-refractivity contribution in [3.8, 4) is 11.5 Å². The summed E-state index contributed by atoms with van der Waals surface area (Å²) in [7, 11) is 3.71. The van der Waals surface area contributed by atoms with Gasteiger partial charge in [-0.3, -0.25) is 4.79 Å². The van der Waals surface area contributed by atoms with Crippen LogP contribution in [0.1, 0.15) is 10.4 Å². The van der Waals surface area contributed by atoms with E-state index >= 15 is 0 Å². The quantitative estimate of drug-likeness (QED) is 0.798. The molecule has 0 unspecified atom stereocenters. The molecule has 0 aliphatic carbocycles. The number of aromatic nitrogens is 1. The third-order valence-electron chi connectivity index (χ3n) is 3.66. The predicted octanol–water partition coefficient (Wildman–Crippen LogP) is 2.87. The number of carbonyl (C=O) groups is 1. The van der Waals surface area contributed by atoms with Gasteiger partial charge in [0, 0.05) is 19.8 Å². The molecule has 1 N–H and O–H groups in total. The number of anilines is 2. The molecular weight excluding hydrogens is 310 g/mol. The SMILES string of the molecule is CN(C)c1nc2cc(NC(=O)c3cccc4c3OCO4)ccc2o1. The van der Waals surface area contributed by atoms with E-state index < -0.39 is 0 Å². The Balaban J connectivity index is 1.62. The first kappa shape index (κ1) is 14.4. The lowest BCUT2D eigenvalue weighted by Crippen LogP contribution is -2.12. The maximum absolute atomic E-state index is 12.5. The molecule has 0 spiro atoms. The maximum Gasteiger partial charge on any atom is 0.297 e. The Morgan fingerprint density at radius 3 is 2.92 bits per heavy atom. The Labute approximate surface area is 137 Å². The number of oxazole rings is 1. The third kappa shape index (κ3) is 2.40. The highest BCUT2D eigenvalue weighted by Crippen LogP contribution is 2.35. The number of carbonyl (C=O) groups excluding carboxylic acids is 1. The number of hydrogen-bond acceptors (Lipinski definition) is 6. The van der Waals surface area contributed by atoms with Crippen LogP contribution in [-0.2, 0) is 0 Å². The van der Waals surface area contributed by atoms with Gasteiger partial charge in [0.1, 0.15) is 5.52 Å². The van der Waals surface area contributed by atoms with E-state index in [1.807, 2.05) is 14.1 Å². The average molecular weight is 325 g/mol. The average Bonchev–Trinajstić information content (AvgIpc) is 3.20. The fourth-order valence-corrected chi connectivity index (χ4v) is 2.49. The lowest BCUT2D eigenvalue weighted by molar-refractivity contribution is 0.102. The molecule has 4 rings (SSSR count). The van der Waals surface area contributed by atoms with Crippen molar-refractivity contribution < 1.29 is 18.7 Å². The number of ether oxygens (including phenoxy) is 2. The number of hydrogen-bond donors (Lipinski definition) is 1. The van der Waals surface area contributed by atoms with Crippen LogP contribution in [0.25, 0.3) is 11.1 Å². The van der Waals surface area contributed by atoms with Gasteiger partial charge >= 0.3 is 0 Å². The summed E-state index contributed by atoms with van der Waals surface area (Å²) in [6.45, 7) is 0.123. The normalized spacial score (nSPS) is 12.4. The second-order valence-corrected chi connectivity index (χ2v) is 5.57. The highest BCUT2D eigenvalue weighted by atomic mass is 16.7. The lowest BCUT2D eigenvalue weighted by Gasteiger charge is -2.07.